The third-order valence-electron chi connectivity index (χ3n) is 4.62. The van der Waals surface area contributed by atoms with E-state index in [1.807, 2.05) is 7.05 Å². The quantitative estimate of drug-likeness (QED) is 0.893. The summed E-state index contributed by atoms with van der Waals surface area (Å²) in [5.41, 5.74) is 4.19. The Labute approximate surface area is 118 Å². The van der Waals surface area contributed by atoms with Crippen molar-refractivity contribution in [2.45, 2.75) is 46.7 Å². The Morgan fingerprint density at radius 3 is 2.63 bits per heavy atom. The van der Waals surface area contributed by atoms with E-state index in [1.54, 1.807) is 0 Å². The summed E-state index contributed by atoms with van der Waals surface area (Å²) in [7, 11) is 2.00. The molecular formula is C17H28N2. The first kappa shape index (κ1) is 14.4. The largest absolute Gasteiger partial charge is 0.368 e. The highest BCUT2D eigenvalue weighted by molar-refractivity contribution is 5.52. The van der Waals surface area contributed by atoms with Gasteiger partial charge in [0.25, 0.3) is 0 Å². The predicted octanol–water partition coefficient (Wildman–Crippen LogP) is 3.59. The average Bonchev–Trinajstić information content (AvgIpc) is 2.36. The molecule has 0 aromatic heterocycles. The van der Waals surface area contributed by atoms with Gasteiger partial charge in [0.05, 0.1) is 0 Å². The van der Waals surface area contributed by atoms with Gasteiger partial charge in [-0.3, -0.25) is 0 Å². The first-order chi connectivity index (χ1) is 9.02. The van der Waals surface area contributed by atoms with Gasteiger partial charge >= 0.3 is 0 Å². The second-order valence-corrected chi connectivity index (χ2v) is 6.35. The Bertz CT molecular complexity index is 427. The zero-order valence-electron chi connectivity index (χ0n) is 13.0. The lowest BCUT2D eigenvalue weighted by Crippen LogP contribution is -2.45. The first-order valence-electron chi connectivity index (χ1n) is 7.53. The topological polar surface area (TPSA) is 15.3 Å². The van der Waals surface area contributed by atoms with Gasteiger partial charge in [0.15, 0.2) is 0 Å². The molecule has 1 aromatic carbocycles. The van der Waals surface area contributed by atoms with Crippen LogP contribution in [0.5, 0.6) is 0 Å². The van der Waals surface area contributed by atoms with E-state index >= 15 is 0 Å². The fraction of sp³-hybridized carbons (Fsp3) is 0.647. The van der Waals surface area contributed by atoms with Crippen molar-refractivity contribution >= 4 is 5.69 Å². The van der Waals surface area contributed by atoms with Gasteiger partial charge in [0.2, 0.25) is 0 Å². The van der Waals surface area contributed by atoms with E-state index in [0.717, 1.165) is 18.4 Å². The Kier molecular flexibility index (Phi) is 4.51. The fourth-order valence-corrected chi connectivity index (χ4v) is 3.30. The van der Waals surface area contributed by atoms with Crippen molar-refractivity contribution in [3.63, 3.8) is 0 Å². The molecule has 2 heteroatoms. The summed E-state index contributed by atoms with van der Waals surface area (Å²) in [5, 5.41) is 3.23. The molecule has 0 aliphatic carbocycles. The molecular weight excluding hydrogens is 232 g/mol. The van der Waals surface area contributed by atoms with Crippen LogP contribution in [-0.2, 0) is 6.54 Å². The van der Waals surface area contributed by atoms with Crippen molar-refractivity contribution in [3.8, 4) is 0 Å². The molecule has 1 heterocycles. The summed E-state index contributed by atoms with van der Waals surface area (Å²) < 4.78 is 0. The van der Waals surface area contributed by atoms with Crippen LogP contribution in [0, 0.1) is 18.8 Å². The van der Waals surface area contributed by atoms with E-state index in [9.17, 15) is 0 Å². The van der Waals surface area contributed by atoms with Crippen LogP contribution in [0.4, 0.5) is 5.69 Å². The van der Waals surface area contributed by atoms with Crippen molar-refractivity contribution in [2.24, 2.45) is 11.8 Å². The van der Waals surface area contributed by atoms with Gasteiger partial charge in [-0.1, -0.05) is 19.9 Å². The second-order valence-electron chi connectivity index (χ2n) is 6.35. The average molecular weight is 260 g/mol. The smallest absolute Gasteiger partial charge is 0.0371 e. The summed E-state index contributed by atoms with van der Waals surface area (Å²) >= 11 is 0. The van der Waals surface area contributed by atoms with Crippen LogP contribution in [0.1, 0.15) is 38.3 Å². The van der Waals surface area contributed by atoms with Crippen molar-refractivity contribution in [1.29, 1.82) is 0 Å². The maximum Gasteiger partial charge on any atom is 0.0371 e. The van der Waals surface area contributed by atoms with Crippen LogP contribution in [0.25, 0.3) is 0 Å². The molecule has 0 radical (unpaired) electrons. The normalized spacial score (nSPS) is 27.6. The second kappa shape index (κ2) is 5.96. The van der Waals surface area contributed by atoms with Gasteiger partial charge < -0.3 is 10.2 Å². The minimum atomic E-state index is 0.644. The number of hydrogen-bond acceptors (Lipinski definition) is 2. The number of nitrogens with one attached hydrogen (secondary N) is 1. The molecule has 1 aliphatic rings. The molecule has 1 fully saturated rings. The van der Waals surface area contributed by atoms with E-state index in [1.165, 1.54) is 29.8 Å². The molecule has 1 aliphatic heterocycles. The van der Waals surface area contributed by atoms with Gasteiger partial charge in [-0.05, 0) is 62.4 Å². The molecule has 3 atom stereocenters. The van der Waals surface area contributed by atoms with Gasteiger partial charge in [-0.15, -0.1) is 0 Å². The molecule has 3 unspecified atom stereocenters. The molecule has 0 spiro atoms. The molecule has 1 N–H and O–H groups in total. The number of rotatable bonds is 3. The third kappa shape index (κ3) is 3.11. The maximum atomic E-state index is 3.23. The Balaban J connectivity index is 2.23. The van der Waals surface area contributed by atoms with Crippen LogP contribution in [0.2, 0.25) is 0 Å². The molecule has 0 amide bonds. The molecule has 19 heavy (non-hydrogen) atoms. The fourth-order valence-electron chi connectivity index (χ4n) is 3.30. The standard InChI is InChI=1S/C17H28N2/c1-12-8-13(2)15(4)19(11-12)17-7-6-16(10-18-5)14(3)9-17/h6-7,9,12-13,15,18H,8,10-11H2,1-5H3. The lowest BCUT2D eigenvalue weighted by Gasteiger charge is -2.43. The molecule has 1 aromatic rings. The molecule has 106 valence electrons. The SMILES string of the molecule is CNCc1ccc(N2CC(C)CC(C)C2C)cc1C. The van der Waals surface area contributed by atoms with E-state index in [0.29, 0.717) is 6.04 Å². The number of anilines is 1. The van der Waals surface area contributed by atoms with Crippen molar-refractivity contribution < 1.29 is 0 Å². The predicted molar refractivity (Wildman–Crippen MR) is 83.7 cm³/mol. The molecule has 2 nitrogen and oxygen atoms in total. The maximum absolute atomic E-state index is 3.23. The zero-order valence-corrected chi connectivity index (χ0v) is 13.0. The highest BCUT2D eigenvalue weighted by Crippen LogP contribution is 2.32. The van der Waals surface area contributed by atoms with Gasteiger partial charge in [-0.2, -0.15) is 0 Å². The van der Waals surface area contributed by atoms with Crippen LogP contribution in [-0.4, -0.2) is 19.6 Å². The van der Waals surface area contributed by atoms with E-state index in [-0.39, 0.29) is 0 Å². The molecule has 2 rings (SSSR count). The van der Waals surface area contributed by atoms with E-state index in [4.69, 9.17) is 0 Å². The summed E-state index contributed by atoms with van der Waals surface area (Å²) in [5.74, 6) is 1.57. The Hall–Kier alpha value is -1.02. The summed E-state index contributed by atoms with van der Waals surface area (Å²) in [6.45, 7) is 11.5. The summed E-state index contributed by atoms with van der Waals surface area (Å²) in [6.07, 6.45) is 1.36. The van der Waals surface area contributed by atoms with Gasteiger partial charge in [0.1, 0.15) is 0 Å². The number of aryl methyl sites for hydroxylation is 1. The number of benzene rings is 1. The lowest BCUT2D eigenvalue weighted by atomic mass is 9.85. The van der Waals surface area contributed by atoms with Gasteiger partial charge in [0, 0.05) is 24.8 Å². The van der Waals surface area contributed by atoms with Gasteiger partial charge in [-0.25, -0.2) is 0 Å². The third-order valence-corrected chi connectivity index (χ3v) is 4.62. The van der Waals surface area contributed by atoms with Crippen LogP contribution < -0.4 is 10.2 Å². The monoisotopic (exact) mass is 260 g/mol. The Morgan fingerprint density at radius 2 is 2.00 bits per heavy atom. The molecule has 0 saturated carbocycles. The minimum Gasteiger partial charge on any atom is -0.368 e. The minimum absolute atomic E-state index is 0.644. The lowest BCUT2D eigenvalue weighted by molar-refractivity contribution is 0.297. The summed E-state index contributed by atoms with van der Waals surface area (Å²) in [6, 6.07) is 7.57. The van der Waals surface area contributed by atoms with Crippen molar-refractivity contribution in [3.05, 3.63) is 29.3 Å². The summed E-state index contributed by atoms with van der Waals surface area (Å²) in [4.78, 5) is 2.59. The van der Waals surface area contributed by atoms with Crippen molar-refractivity contribution in [2.75, 3.05) is 18.5 Å². The highest BCUT2D eigenvalue weighted by Gasteiger charge is 2.28. The first-order valence-corrected chi connectivity index (χ1v) is 7.53. The molecule has 0 bridgehead atoms. The van der Waals surface area contributed by atoms with Crippen LogP contribution in [0.15, 0.2) is 18.2 Å². The highest BCUT2D eigenvalue weighted by atomic mass is 15.2. The number of hydrogen-bond donors (Lipinski definition) is 1. The van der Waals surface area contributed by atoms with E-state index in [2.05, 4.69) is 56.1 Å². The Morgan fingerprint density at radius 1 is 1.26 bits per heavy atom. The zero-order chi connectivity index (χ0) is 14.0. The molecule has 1 saturated heterocycles. The van der Waals surface area contributed by atoms with Crippen LogP contribution >= 0.6 is 0 Å². The van der Waals surface area contributed by atoms with Crippen molar-refractivity contribution in [1.82, 2.24) is 5.32 Å². The van der Waals surface area contributed by atoms with E-state index < -0.39 is 0 Å². The van der Waals surface area contributed by atoms with Crippen LogP contribution in [0.3, 0.4) is 0 Å². The number of piperidine rings is 1. The number of nitrogens with zero attached hydrogens (tertiary/aromatic N) is 1.